The fraction of sp³-hybridized carbons (Fsp3) is 0.233. The zero-order valence-electron chi connectivity index (χ0n) is 20.0. The maximum Gasteiger partial charge on any atom is 0.288 e. The maximum atomic E-state index is 13.4. The molecule has 2 unspecified atom stereocenters. The highest BCUT2D eigenvalue weighted by Gasteiger charge is 2.45. The standard InChI is InChI=1S/C30H29N3O3/c31-33-18-25(27-23-12-6-4-10-21(23)14-15-22-11-5-7-13-24(22)27)32-17-16-26(34)29(28(32)30(33)35)36-19-20-8-2-1-3-9-20/h1-13,16-17,25-27,34H,14-15,18-19,31H2. The van der Waals surface area contributed by atoms with Crippen molar-refractivity contribution >= 4 is 5.91 Å². The molecule has 3 aromatic rings. The van der Waals surface area contributed by atoms with Crippen LogP contribution in [0.5, 0.6) is 0 Å². The molecule has 1 aliphatic carbocycles. The lowest BCUT2D eigenvalue weighted by Gasteiger charge is -2.46. The maximum absolute atomic E-state index is 13.4. The Bertz CT molecular complexity index is 1300. The first-order chi connectivity index (χ1) is 17.6. The number of piperazine rings is 1. The molecule has 0 radical (unpaired) electrons. The monoisotopic (exact) mass is 479 g/mol. The van der Waals surface area contributed by atoms with Crippen LogP contribution in [0.25, 0.3) is 0 Å². The van der Waals surface area contributed by atoms with E-state index in [1.165, 1.54) is 27.3 Å². The van der Waals surface area contributed by atoms with Crippen LogP contribution in [0.3, 0.4) is 0 Å². The Morgan fingerprint density at radius 2 is 1.50 bits per heavy atom. The van der Waals surface area contributed by atoms with Crippen LogP contribution in [-0.4, -0.2) is 39.6 Å². The van der Waals surface area contributed by atoms with Gasteiger partial charge in [0.15, 0.2) is 5.76 Å². The second kappa shape index (κ2) is 9.30. The number of fused-ring (bicyclic) bond motifs is 3. The molecule has 0 saturated carbocycles. The number of aliphatic hydroxyl groups is 1. The van der Waals surface area contributed by atoms with E-state index in [2.05, 4.69) is 48.5 Å². The molecule has 3 N–H and O–H groups in total. The second-order valence-corrected chi connectivity index (χ2v) is 9.58. The van der Waals surface area contributed by atoms with E-state index in [1.54, 1.807) is 6.08 Å². The van der Waals surface area contributed by atoms with Gasteiger partial charge in [0.05, 0.1) is 12.6 Å². The minimum Gasteiger partial charge on any atom is -0.488 e. The molecule has 0 aromatic heterocycles. The van der Waals surface area contributed by atoms with Gasteiger partial charge >= 0.3 is 0 Å². The molecule has 3 aromatic carbocycles. The molecule has 6 rings (SSSR count). The first kappa shape index (κ1) is 22.6. The SMILES string of the molecule is NN1CC(C2c3ccccc3CCc3ccccc32)N2C=CC(O)C(OCc3ccccc3)=C2C1=O. The summed E-state index contributed by atoms with van der Waals surface area (Å²) in [5, 5.41) is 12.1. The normalized spacial score (nSPS) is 21.6. The number of aliphatic hydroxyl groups excluding tert-OH is 1. The number of hydrogen-bond acceptors (Lipinski definition) is 5. The van der Waals surface area contributed by atoms with Gasteiger partial charge in [0, 0.05) is 12.1 Å². The van der Waals surface area contributed by atoms with E-state index in [1.807, 2.05) is 41.4 Å². The summed E-state index contributed by atoms with van der Waals surface area (Å²) in [4.78, 5) is 15.4. The number of amides is 1. The minimum atomic E-state index is -1.02. The highest BCUT2D eigenvalue weighted by atomic mass is 16.5. The molecule has 182 valence electrons. The molecule has 1 fully saturated rings. The highest BCUT2D eigenvalue weighted by Crippen LogP contribution is 2.42. The molecule has 2 heterocycles. The van der Waals surface area contributed by atoms with Gasteiger partial charge in [-0.15, -0.1) is 0 Å². The van der Waals surface area contributed by atoms with Gasteiger partial charge < -0.3 is 14.7 Å². The zero-order valence-corrected chi connectivity index (χ0v) is 20.0. The van der Waals surface area contributed by atoms with Crippen LogP contribution in [0, 0.1) is 0 Å². The molecule has 1 saturated heterocycles. The molecular weight excluding hydrogens is 450 g/mol. The van der Waals surface area contributed by atoms with Gasteiger partial charge in [0.1, 0.15) is 18.4 Å². The Kier molecular flexibility index (Phi) is 5.83. The average molecular weight is 480 g/mol. The summed E-state index contributed by atoms with van der Waals surface area (Å²) in [6.07, 6.45) is 4.41. The lowest BCUT2D eigenvalue weighted by Crippen LogP contribution is -2.59. The van der Waals surface area contributed by atoms with E-state index in [4.69, 9.17) is 10.6 Å². The number of carbonyl (C=O) groups is 1. The Balaban J connectivity index is 1.45. The van der Waals surface area contributed by atoms with Gasteiger partial charge in [-0.3, -0.25) is 9.80 Å². The molecule has 0 spiro atoms. The number of benzene rings is 3. The number of hydrazine groups is 1. The largest absolute Gasteiger partial charge is 0.488 e. The molecule has 1 amide bonds. The van der Waals surface area contributed by atoms with Gasteiger partial charge in [0.2, 0.25) is 0 Å². The van der Waals surface area contributed by atoms with Crippen molar-refractivity contribution in [1.82, 2.24) is 9.91 Å². The molecule has 0 bridgehead atoms. The van der Waals surface area contributed by atoms with Crippen molar-refractivity contribution < 1.29 is 14.6 Å². The molecule has 2 atom stereocenters. The molecule has 6 nitrogen and oxygen atoms in total. The third-order valence-electron chi connectivity index (χ3n) is 7.46. The first-order valence-corrected chi connectivity index (χ1v) is 12.4. The molecule has 36 heavy (non-hydrogen) atoms. The number of aryl methyl sites for hydroxylation is 2. The quantitative estimate of drug-likeness (QED) is 0.442. The lowest BCUT2D eigenvalue weighted by molar-refractivity contribution is -0.133. The first-order valence-electron chi connectivity index (χ1n) is 12.4. The van der Waals surface area contributed by atoms with Gasteiger partial charge in [0.25, 0.3) is 5.91 Å². The summed E-state index contributed by atoms with van der Waals surface area (Å²) in [6, 6.07) is 26.7. The fourth-order valence-corrected chi connectivity index (χ4v) is 5.74. The summed E-state index contributed by atoms with van der Waals surface area (Å²) in [7, 11) is 0. The smallest absolute Gasteiger partial charge is 0.288 e. The Labute approximate surface area is 210 Å². The number of rotatable bonds is 4. The van der Waals surface area contributed by atoms with Crippen LogP contribution >= 0.6 is 0 Å². The second-order valence-electron chi connectivity index (χ2n) is 9.58. The van der Waals surface area contributed by atoms with Gasteiger partial charge in [-0.05, 0) is 46.7 Å². The van der Waals surface area contributed by atoms with Crippen LogP contribution in [0.1, 0.15) is 33.7 Å². The van der Waals surface area contributed by atoms with Crippen molar-refractivity contribution in [3.8, 4) is 0 Å². The van der Waals surface area contributed by atoms with Crippen LogP contribution in [-0.2, 0) is 29.0 Å². The van der Waals surface area contributed by atoms with Gasteiger partial charge in [-0.1, -0.05) is 78.9 Å². The number of ether oxygens (including phenoxy) is 1. The molecule has 2 aliphatic heterocycles. The van der Waals surface area contributed by atoms with E-state index in [-0.39, 0.29) is 30.2 Å². The number of nitrogens with two attached hydrogens (primary N) is 1. The third kappa shape index (κ3) is 3.88. The van der Waals surface area contributed by atoms with Crippen molar-refractivity contribution in [3.63, 3.8) is 0 Å². The van der Waals surface area contributed by atoms with Crippen molar-refractivity contribution in [2.24, 2.45) is 5.84 Å². The zero-order chi connectivity index (χ0) is 24.6. The van der Waals surface area contributed by atoms with E-state index < -0.39 is 6.10 Å². The summed E-state index contributed by atoms with van der Waals surface area (Å²) in [5.74, 6) is 6.21. The number of nitrogens with zero attached hydrogens (tertiary/aromatic N) is 2. The van der Waals surface area contributed by atoms with E-state index in [0.29, 0.717) is 12.2 Å². The van der Waals surface area contributed by atoms with Crippen molar-refractivity contribution in [1.29, 1.82) is 0 Å². The molecule has 3 aliphatic rings. The fourth-order valence-electron chi connectivity index (χ4n) is 5.74. The summed E-state index contributed by atoms with van der Waals surface area (Å²) < 4.78 is 6.10. The van der Waals surface area contributed by atoms with Crippen molar-refractivity contribution in [3.05, 3.63) is 130 Å². The Hall–Kier alpha value is -3.87. The van der Waals surface area contributed by atoms with E-state index in [0.717, 1.165) is 18.4 Å². The van der Waals surface area contributed by atoms with Crippen LogP contribution in [0.15, 0.2) is 103 Å². The number of carbonyl (C=O) groups excluding carboxylic acids is 1. The van der Waals surface area contributed by atoms with Gasteiger partial charge in [-0.2, -0.15) is 0 Å². The van der Waals surface area contributed by atoms with Crippen LogP contribution in [0.4, 0.5) is 0 Å². The van der Waals surface area contributed by atoms with E-state index >= 15 is 0 Å². The summed E-state index contributed by atoms with van der Waals surface area (Å²) in [6.45, 7) is 0.595. The van der Waals surface area contributed by atoms with E-state index in [9.17, 15) is 9.90 Å². The van der Waals surface area contributed by atoms with Crippen molar-refractivity contribution in [2.75, 3.05) is 6.54 Å². The Morgan fingerprint density at radius 1 is 0.889 bits per heavy atom. The van der Waals surface area contributed by atoms with Crippen LogP contribution < -0.4 is 5.84 Å². The minimum absolute atomic E-state index is 0.00989. The lowest BCUT2D eigenvalue weighted by atomic mass is 9.80. The predicted molar refractivity (Wildman–Crippen MR) is 137 cm³/mol. The number of hydrogen-bond donors (Lipinski definition) is 2. The summed E-state index contributed by atoms with van der Waals surface area (Å²) in [5.41, 5.74) is 6.38. The van der Waals surface area contributed by atoms with Gasteiger partial charge in [-0.25, -0.2) is 5.84 Å². The Morgan fingerprint density at radius 3 is 2.17 bits per heavy atom. The summed E-state index contributed by atoms with van der Waals surface area (Å²) >= 11 is 0. The highest BCUT2D eigenvalue weighted by molar-refractivity contribution is 5.94. The predicted octanol–water partition coefficient (Wildman–Crippen LogP) is 3.62. The van der Waals surface area contributed by atoms with Crippen LogP contribution in [0.2, 0.25) is 0 Å². The average Bonchev–Trinajstić information content (AvgIpc) is 3.08. The third-order valence-corrected chi connectivity index (χ3v) is 7.46. The molecular formula is C30H29N3O3. The van der Waals surface area contributed by atoms with Crippen molar-refractivity contribution in [2.45, 2.75) is 37.5 Å². The topological polar surface area (TPSA) is 79.0 Å². The molecule has 6 heteroatoms.